The molecule has 32 heavy (non-hydrogen) atoms. The van der Waals surface area contributed by atoms with E-state index in [1.54, 1.807) is 4.90 Å². The molecule has 2 heterocycles. The summed E-state index contributed by atoms with van der Waals surface area (Å²) in [5, 5.41) is 0. The van der Waals surface area contributed by atoms with Crippen LogP contribution in [0.4, 0.5) is 13.6 Å². The molecule has 1 aliphatic heterocycles. The molecule has 4 aliphatic carbocycles. The molecule has 4 saturated carbocycles. The first kappa shape index (κ1) is 21.4. The summed E-state index contributed by atoms with van der Waals surface area (Å²) in [4.78, 5) is 30.6. The summed E-state index contributed by atoms with van der Waals surface area (Å²) in [6.45, 7) is 1.69. The second-order valence-electron chi connectivity index (χ2n) is 10.2. The minimum atomic E-state index is -2.95. The summed E-state index contributed by atoms with van der Waals surface area (Å²) >= 11 is 0. The molecular formula is C23H29F2N3O4. The molecule has 5 fully saturated rings. The lowest BCUT2D eigenvalue weighted by molar-refractivity contribution is -0.161. The Bertz CT molecular complexity index is 887. The Morgan fingerprint density at radius 1 is 1.22 bits per heavy atom. The lowest BCUT2D eigenvalue weighted by atomic mass is 9.48. The Morgan fingerprint density at radius 2 is 1.94 bits per heavy atom. The second-order valence-corrected chi connectivity index (χ2v) is 10.2. The van der Waals surface area contributed by atoms with E-state index >= 15 is 0 Å². The minimum absolute atomic E-state index is 0.156. The number of alkyl halides is 2. The van der Waals surface area contributed by atoms with Gasteiger partial charge in [0.2, 0.25) is 11.8 Å². The Labute approximate surface area is 185 Å². The standard InChI is InChI=1S/C23H29F2N3O4/c1-22(24,25)16-2-3-18(27-11-16)31-17-4-5-28(12-17)21(30)32-19-14-6-13-7-15(19)10-23(8-13,9-14)20(26)29/h2-3,11,13-15,17,19H,4-10,12H2,1H3,(H2,26,29)/t13?,14?,15?,17-,19-,23-/m0/s1. The highest BCUT2D eigenvalue weighted by atomic mass is 19.3. The van der Waals surface area contributed by atoms with Gasteiger partial charge in [0.25, 0.3) is 5.92 Å². The number of rotatable bonds is 5. The van der Waals surface area contributed by atoms with Crippen molar-refractivity contribution in [1.82, 2.24) is 9.88 Å². The van der Waals surface area contributed by atoms with Gasteiger partial charge in [0.05, 0.1) is 12.0 Å². The van der Waals surface area contributed by atoms with Crippen LogP contribution in [0, 0.1) is 23.2 Å². The highest BCUT2D eigenvalue weighted by Crippen LogP contribution is 2.60. The first-order chi connectivity index (χ1) is 15.1. The lowest BCUT2D eigenvalue weighted by Gasteiger charge is -2.58. The van der Waals surface area contributed by atoms with Gasteiger partial charge in [-0.25, -0.2) is 18.6 Å². The molecule has 1 saturated heterocycles. The Hall–Kier alpha value is -2.45. The number of pyridine rings is 1. The molecule has 2 amide bonds. The quantitative estimate of drug-likeness (QED) is 0.743. The number of amides is 2. The predicted molar refractivity (Wildman–Crippen MR) is 110 cm³/mol. The third-order valence-corrected chi connectivity index (χ3v) is 7.88. The summed E-state index contributed by atoms with van der Waals surface area (Å²) in [6.07, 6.45) is 5.27. The van der Waals surface area contributed by atoms with Gasteiger partial charge in [-0.1, -0.05) is 0 Å². The van der Waals surface area contributed by atoms with Gasteiger partial charge < -0.3 is 20.1 Å². The van der Waals surface area contributed by atoms with Gasteiger partial charge in [0, 0.05) is 37.7 Å². The van der Waals surface area contributed by atoms with Gasteiger partial charge >= 0.3 is 6.09 Å². The number of hydrogen-bond acceptors (Lipinski definition) is 5. The number of nitrogens with two attached hydrogens (primary N) is 1. The average molecular weight is 449 g/mol. The van der Waals surface area contributed by atoms with E-state index in [-0.39, 0.29) is 47.5 Å². The van der Waals surface area contributed by atoms with Crippen LogP contribution in [-0.2, 0) is 15.5 Å². The largest absolute Gasteiger partial charge is 0.472 e. The smallest absolute Gasteiger partial charge is 0.410 e. The molecule has 0 spiro atoms. The van der Waals surface area contributed by atoms with E-state index in [0.717, 1.165) is 45.2 Å². The van der Waals surface area contributed by atoms with Gasteiger partial charge in [-0.15, -0.1) is 0 Å². The molecule has 7 nitrogen and oxygen atoms in total. The van der Waals surface area contributed by atoms with Gasteiger partial charge in [0.15, 0.2) is 0 Å². The second kappa shape index (κ2) is 7.56. The number of likely N-dealkylation sites (tertiary alicyclic amines) is 1. The predicted octanol–water partition coefficient (Wildman–Crippen LogP) is 3.46. The Morgan fingerprint density at radius 3 is 2.53 bits per heavy atom. The van der Waals surface area contributed by atoms with E-state index in [4.69, 9.17) is 15.2 Å². The van der Waals surface area contributed by atoms with Crippen LogP contribution in [0.2, 0.25) is 0 Å². The molecule has 174 valence electrons. The van der Waals surface area contributed by atoms with Gasteiger partial charge in [-0.3, -0.25) is 4.79 Å². The fourth-order valence-electron chi connectivity index (χ4n) is 6.53. The fourth-order valence-corrected chi connectivity index (χ4v) is 6.53. The number of aromatic nitrogens is 1. The van der Waals surface area contributed by atoms with Crippen LogP contribution in [0.1, 0.15) is 51.0 Å². The van der Waals surface area contributed by atoms with Crippen LogP contribution in [0.25, 0.3) is 0 Å². The zero-order valence-electron chi connectivity index (χ0n) is 18.1. The molecule has 0 radical (unpaired) electrons. The van der Waals surface area contributed by atoms with Crippen molar-refractivity contribution < 1.29 is 27.8 Å². The van der Waals surface area contributed by atoms with Crippen LogP contribution in [-0.4, -0.2) is 47.2 Å². The summed E-state index contributed by atoms with van der Waals surface area (Å²) < 4.78 is 38.4. The zero-order chi connectivity index (χ0) is 22.7. The van der Waals surface area contributed by atoms with E-state index < -0.39 is 11.3 Å². The third kappa shape index (κ3) is 3.79. The number of carbonyl (C=O) groups excluding carboxylic acids is 2. The number of carbonyl (C=O) groups is 2. The maximum atomic E-state index is 13.3. The van der Waals surface area contributed by atoms with Crippen LogP contribution in [0.15, 0.2) is 18.3 Å². The van der Waals surface area contributed by atoms with Crippen LogP contribution >= 0.6 is 0 Å². The van der Waals surface area contributed by atoms with Crippen LogP contribution in [0.5, 0.6) is 5.88 Å². The minimum Gasteiger partial charge on any atom is -0.472 e. The van der Waals surface area contributed by atoms with Crippen LogP contribution < -0.4 is 10.5 Å². The molecule has 2 N–H and O–H groups in total. The molecule has 4 bridgehead atoms. The number of ether oxygens (including phenoxy) is 2. The van der Waals surface area contributed by atoms with Crippen molar-refractivity contribution in [2.75, 3.05) is 13.1 Å². The molecule has 1 aromatic heterocycles. The average Bonchev–Trinajstić information content (AvgIpc) is 3.18. The maximum Gasteiger partial charge on any atom is 0.410 e. The van der Waals surface area contributed by atoms with Crippen molar-refractivity contribution in [3.05, 3.63) is 23.9 Å². The summed E-state index contributed by atoms with van der Waals surface area (Å²) in [5.74, 6) is -1.99. The summed E-state index contributed by atoms with van der Waals surface area (Å²) in [6, 6.07) is 2.73. The highest BCUT2D eigenvalue weighted by molar-refractivity contribution is 5.81. The molecule has 0 aromatic carbocycles. The summed E-state index contributed by atoms with van der Waals surface area (Å²) in [7, 11) is 0. The van der Waals surface area contributed by atoms with E-state index in [9.17, 15) is 18.4 Å². The van der Waals surface area contributed by atoms with Crippen molar-refractivity contribution in [2.45, 2.75) is 63.6 Å². The molecule has 5 aliphatic rings. The van der Waals surface area contributed by atoms with E-state index in [0.29, 0.717) is 25.4 Å². The Balaban J connectivity index is 1.16. The topological polar surface area (TPSA) is 94.7 Å². The summed E-state index contributed by atoms with van der Waals surface area (Å²) in [5.41, 5.74) is 5.16. The van der Waals surface area contributed by atoms with E-state index in [2.05, 4.69) is 4.98 Å². The number of primary amides is 1. The van der Waals surface area contributed by atoms with Gasteiger partial charge in [-0.2, -0.15) is 0 Å². The molecule has 9 heteroatoms. The molecule has 2 unspecified atom stereocenters. The van der Waals surface area contributed by atoms with E-state index in [1.807, 2.05) is 0 Å². The van der Waals surface area contributed by atoms with Crippen molar-refractivity contribution in [1.29, 1.82) is 0 Å². The first-order valence-corrected chi connectivity index (χ1v) is 11.4. The van der Waals surface area contributed by atoms with Crippen molar-refractivity contribution in [3.8, 4) is 5.88 Å². The molecule has 1 aromatic rings. The lowest BCUT2D eigenvalue weighted by Crippen LogP contribution is -2.59. The molecule has 3 atom stereocenters. The van der Waals surface area contributed by atoms with Crippen molar-refractivity contribution in [3.63, 3.8) is 0 Å². The highest BCUT2D eigenvalue weighted by Gasteiger charge is 2.59. The van der Waals surface area contributed by atoms with Crippen LogP contribution in [0.3, 0.4) is 0 Å². The zero-order valence-corrected chi connectivity index (χ0v) is 18.1. The van der Waals surface area contributed by atoms with Gasteiger partial charge in [-0.05, 0) is 55.9 Å². The van der Waals surface area contributed by atoms with Gasteiger partial charge in [0.1, 0.15) is 12.2 Å². The third-order valence-electron chi connectivity index (χ3n) is 7.88. The SMILES string of the molecule is CC(F)(F)c1ccc(O[C@H]2CCN(C(=O)O[C@H]3C4CC5CC3C[C@](C(N)=O)(C5)C4)C2)nc1. The monoisotopic (exact) mass is 449 g/mol. The van der Waals surface area contributed by atoms with E-state index in [1.165, 1.54) is 12.1 Å². The van der Waals surface area contributed by atoms with Crippen molar-refractivity contribution >= 4 is 12.0 Å². The number of halogens is 2. The fraction of sp³-hybridized carbons (Fsp3) is 0.696. The Kier molecular flexibility index (Phi) is 5.05. The normalized spacial score (nSPS) is 35.7. The molecular weight excluding hydrogens is 420 g/mol. The molecule has 6 rings (SSSR count). The van der Waals surface area contributed by atoms with Crippen molar-refractivity contribution in [2.24, 2.45) is 28.9 Å². The first-order valence-electron chi connectivity index (χ1n) is 11.4. The maximum absolute atomic E-state index is 13.3. The number of nitrogens with zero attached hydrogens (tertiary/aromatic N) is 2. The number of hydrogen-bond donors (Lipinski definition) is 1.